The van der Waals surface area contributed by atoms with Gasteiger partial charge in [0.2, 0.25) is 0 Å². The highest BCUT2D eigenvalue weighted by Crippen LogP contribution is 2.49. The van der Waals surface area contributed by atoms with Gasteiger partial charge in [-0.1, -0.05) is 184 Å². The zero-order valence-corrected chi connectivity index (χ0v) is 32.3. The Morgan fingerprint density at radius 3 is 1.78 bits per heavy atom. The third-order valence-corrected chi connectivity index (χ3v) is 11.8. The zero-order valence-electron chi connectivity index (χ0n) is 32.3. The van der Waals surface area contributed by atoms with Crippen molar-refractivity contribution in [1.29, 1.82) is 0 Å². The van der Waals surface area contributed by atoms with Crippen molar-refractivity contribution in [2.45, 2.75) is 19.3 Å². The largest absolute Gasteiger partial charge is 0.231 e. The molecule has 58 heavy (non-hydrogen) atoms. The molecule has 1 aliphatic carbocycles. The van der Waals surface area contributed by atoms with Gasteiger partial charge in [-0.15, -0.1) is 0 Å². The summed E-state index contributed by atoms with van der Waals surface area (Å²) in [7, 11) is 0. The molecule has 0 amide bonds. The lowest BCUT2D eigenvalue weighted by molar-refractivity contribution is 0.660. The molecular weight excluding hydrogens is 705 g/mol. The Morgan fingerprint density at radius 1 is 0.431 bits per heavy atom. The Morgan fingerprint density at radius 2 is 1.02 bits per heavy atom. The summed E-state index contributed by atoms with van der Waals surface area (Å²) in [4.78, 5) is 10.5. The number of nitrogens with zero attached hydrogens (tertiary/aromatic N) is 4. The van der Waals surface area contributed by atoms with E-state index in [1.807, 2.05) is 18.2 Å². The molecule has 3 aromatic heterocycles. The average molecular weight is 743 g/mol. The van der Waals surface area contributed by atoms with Crippen LogP contribution in [0.2, 0.25) is 0 Å². The Bertz CT molecular complexity index is 3180. The number of pyridine rings is 1. The van der Waals surface area contributed by atoms with Gasteiger partial charge in [-0.3, -0.25) is 0 Å². The smallest absolute Gasteiger partial charge is 0.160 e. The summed E-state index contributed by atoms with van der Waals surface area (Å²) in [5.41, 5.74) is 17.3. The van der Waals surface area contributed by atoms with Gasteiger partial charge in [0.15, 0.2) is 5.82 Å². The molecule has 0 saturated heterocycles. The van der Waals surface area contributed by atoms with Crippen molar-refractivity contribution in [1.82, 2.24) is 19.6 Å². The summed E-state index contributed by atoms with van der Waals surface area (Å²) >= 11 is 0. The predicted molar refractivity (Wildman–Crippen MR) is 238 cm³/mol. The predicted octanol–water partition coefficient (Wildman–Crippen LogP) is 13.6. The van der Waals surface area contributed by atoms with E-state index in [1.165, 1.54) is 27.6 Å². The maximum atomic E-state index is 5.50. The van der Waals surface area contributed by atoms with Crippen molar-refractivity contribution < 1.29 is 0 Å². The van der Waals surface area contributed by atoms with Crippen LogP contribution in [0.25, 0.3) is 95.0 Å². The fraction of sp³-hybridized carbons (Fsp3) is 0.0556. The first-order chi connectivity index (χ1) is 28.5. The lowest BCUT2D eigenvalue weighted by Crippen LogP contribution is -2.14. The summed E-state index contributed by atoms with van der Waals surface area (Å²) < 4.78 is 2.14. The van der Waals surface area contributed by atoms with Crippen LogP contribution >= 0.6 is 0 Å². The van der Waals surface area contributed by atoms with Crippen molar-refractivity contribution in [3.05, 3.63) is 205 Å². The molecule has 4 nitrogen and oxygen atoms in total. The second-order valence-corrected chi connectivity index (χ2v) is 15.7. The van der Waals surface area contributed by atoms with E-state index in [9.17, 15) is 0 Å². The van der Waals surface area contributed by atoms with Crippen LogP contribution in [0.15, 0.2) is 194 Å². The van der Waals surface area contributed by atoms with Crippen molar-refractivity contribution >= 4 is 16.3 Å². The molecule has 0 bridgehead atoms. The highest BCUT2D eigenvalue weighted by atomic mass is 15.2. The SMILES string of the molecule is CC1(C)c2ccccc2-c2ccc(-c3cc(-c4cccc(-c5nn6c(-c7ccccc7)cc7ccccc7c6c5-c5ccccc5)c4)nc(-c4ccccc4)n3)cc21. The molecule has 0 unspecified atom stereocenters. The third-order valence-electron chi connectivity index (χ3n) is 11.8. The second-order valence-electron chi connectivity index (χ2n) is 15.7. The fourth-order valence-corrected chi connectivity index (χ4v) is 8.93. The summed E-state index contributed by atoms with van der Waals surface area (Å²) in [5.74, 6) is 0.693. The molecule has 7 aromatic carbocycles. The quantitative estimate of drug-likeness (QED) is 0.170. The van der Waals surface area contributed by atoms with Crippen LogP contribution in [0.1, 0.15) is 25.0 Å². The first-order valence-corrected chi connectivity index (χ1v) is 19.9. The van der Waals surface area contributed by atoms with Crippen molar-refractivity contribution in [2.75, 3.05) is 0 Å². The van der Waals surface area contributed by atoms with Gasteiger partial charge in [0.05, 0.1) is 22.6 Å². The molecule has 3 heterocycles. The van der Waals surface area contributed by atoms with E-state index < -0.39 is 0 Å². The van der Waals surface area contributed by atoms with Gasteiger partial charge < -0.3 is 0 Å². The average Bonchev–Trinajstić information content (AvgIpc) is 3.80. The monoisotopic (exact) mass is 742 g/mol. The van der Waals surface area contributed by atoms with Crippen LogP contribution < -0.4 is 0 Å². The first kappa shape index (κ1) is 33.9. The van der Waals surface area contributed by atoms with Crippen LogP contribution in [0.5, 0.6) is 0 Å². The molecule has 0 spiro atoms. The highest BCUT2D eigenvalue weighted by Gasteiger charge is 2.35. The number of aromatic nitrogens is 4. The van der Waals surface area contributed by atoms with Crippen LogP contribution in [0, 0.1) is 0 Å². The second kappa shape index (κ2) is 13.4. The summed E-state index contributed by atoms with van der Waals surface area (Å²) in [6.45, 7) is 4.64. The minimum absolute atomic E-state index is 0.120. The Balaban J connectivity index is 1.12. The fourth-order valence-electron chi connectivity index (χ4n) is 8.93. The molecule has 274 valence electrons. The highest BCUT2D eigenvalue weighted by molar-refractivity contribution is 6.08. The molecule has 1 aliphatic rings. The standard InChI is InChI=1S/C54H38N4/c1-54(2)45-28-15-14-27-43(45)44-30-29-40(32-46(44)54)48-34-47(55-53(56-48)37-21-10-5-11-22-37)39-24-16-25-41(31-39)51-50(36-19-8-4-9-20-36)52-42-26-13-12-23-38(42)33-49(58(52)57-51)35-17-6-3-7-18-35/h3-34H,1-2H3. The normalized spacial score (nSPS) is 12.8. The van der Waals surface area contributed by atoms with Crippen LogP contribution in [-0.2, 0) is 5.41 Å². The molecular formula is C54H38N4. The van der Waals surface area contributed by atoms with Crippen LogP contribution in [0.4, 0.5) is 0 Å². The molecule has 4 heteroatoms. The lowest BCUT2D eigenvalue weighted by Gasteiger charge is -2.22. The van der Waals surface area contributed by atoms with Gasteiger partial charge in [-0.25, -0.2) is 14.5 Å². The topological polar surface area (TPSA) is 43.1 Å². The maximum absolute atomic E-state index is 5.50. The van der Waals surface area contributed by atoms with Gasteiger partial charge in [0, 0.05) is 44.2 Å². The van der Waals surface area contributed by atoms with E-state index in [0.717, 1.165) is 72.6 Å². The Labute approximate surface area is 337 Å². The molecule has 0 atom stereocenters. The van der Waals surface area contributed by atoms with Crippen molar-refractivity contribution in [3.8, 4) is 78.7 Å². The number of hydrogen-bond donors (Lipinski definition) is 0. The number of hydrogen-bond acceptors (Lipinski definition) is 3. The number of rotatable bonds is 6. The van der Waals surface area contributed by atoms with Crippen LogP contribution in [0.3, 0.4) is 0 Å². The van der Waals surface area contributed by atoms with E-state index >= 15 is 0 Å². The van der Waals surface area contributed by atoms with Crippen LogP contribution in [-0.4, -0.2) is 19.6 Å². The Hall–Kier alpha value is -7.43. The summed E-state index contributed by atoms with van der Waals surface area (Å²) in [5, 5.41) is 7.83. The van der Waals surface area contributed by atoms with Gasteiger partial charge in [-0.2, -0.15) is 5.10 Å². The van der Waals surface area contributed by atoms with Crippen molar-refractivity contribution in [3.63, 3.8) is 0 Å². The first-order valence-electron chi connectivity index (χ1n) is 19.9. The minimum Gasteiger partial charge on any atom is -0.231 e. The van der Waals surface area contributed by atoms with E-state index in [4.69, 9.17) is 15.1 Å². The number of benzene rings is 7. The van der Waals surface area contributed by atoms with E-state index in [1.54, 1.807) is 0 Å². The summed E-state index contributed by atoms with van der Waals surface area (Å²) in [6.07, 6.45) is 0. The zero-order chi connectivity index (χ0) is 38.8. The molecule has 0 fully saturated rings. The lowest BCUT2D eigenvalue weighted by atomic mass is 9.82. The molecule has 0 aliphatic heterocycles. The van der Waals surface area contributed by atoms with Gasteiger partial charge in [0.25, 0.3) is 0 Å². The molecule has 0 N–H and O–H groups in total. The maximum Gasteiger partial charge on any atom is 0.160 e. The molecule has 0 radical (unpaired) electrons. The van der Waals surface area contributed by atoms with E-state index in [2.05, 4.69) is 194 Å². The van der Waals surface area contributed by atoms with E-state index in [-0.39, 0.29) is 5.41 Å². The van der Waals surface area contributed by atoms with Gasteiger partial charge in [-0.05, 0) is 57.5 Å². The van der Waals surface area contributed by atoms with Gasteiger partial charge >= 0.3 is 0 Å². The minimum atomic E-state index is -0.120. The number of fused-ring (bicyclic) bond motifs is 6. The van der Waals surface area contributed by atoms with E-state index in [0.29, 0.717) is 5.82 Å². The summed E-state index contributed by atoms with van der Waals surface area (Å²) in [6, 6.07) is 68.8. The van der Waals surface area contributed by atoms with Gasteiger partial charge in [0.1, 0.15) is 5.69 Å². The molecule has 10 aromatic rings. The molecule has 0 saturated carbocycles. The molecule has 11 rings (SSSR count). The third kappa shape index (κ3) is 5.48. The van der Waals surface area contributed by atoms with Crippen molar-refractivity contribution in [2.24, 2.45) is 0 Å². The Kier molecular flexibility index (Phi) is 7.80.